The van der Waals surface area contributed by atoms with Crippen LogP contribution in [0.15, 0.2) is 0 Å². The molecule has 2 saturated heterocycles. The second-order valence-electron chi connectivity index (χ2n) is 8.04. The zero-order valence-electron chi connectivity index (χ0n) is 13.5. The van der Waals surface area contributed by atoms with Crippen molar-refractivity contribution >= 4 is 17.6 Å². The molecule has 22 heavy (non-hydrogen) atoms. The quantitative estimate of drug-likeness (QED) is 0.586. The first-order valence-corrected chi connectivity index (χ1v) is 9.63. The molecule has 4 fully saturated rings. The molecule has 2 heterocycles. The maximum absolute atomic E-state index is 12.8. The fourth-order valence-corrected chi connectivity index (χ4v) is 5.51. The van der Waals surface area contributed by atoms with Crippen LogP contribution in [0, 0.1) is 17.8 Å². The summed E-state index contributed by atoms with van der Waals surface area (Å²) < 4.78 is 5.75. The van der Waals surface area contributed by atoms with Crippen molar-refractivity contribution in [2.75, 3.05) is 7.05 Å². The average Bonchev–Trinajstić information content (AvgIpc) is 3.27. The summed E-state index contributed by atoms with van der Waals surface area (Å²) in [6, 6.07) is 1.11. The molecule has 3 nitrogen and oxygen atoms in total. The molecule has 4 atom stereocenters. The predicted molar refractivity (Wildman–Crippen MR) is 86.9 cm³/mol. The van der Waals surface area contributed by atoms with Crippen LogP contribution in [0.1, 0.15) is 57.8 Å². The summed E-state index contributed by atoms with van der Waals surface area (Å²) in [6.45, 7) is 0. The van der Waals surface area contributed by atoms with Crippen molar-refractivity contribution in [2.24, 2.45) is 17.8 Å². The Balaban J connectivity index is 1.52. The Kier molecular flexibility index (Phi) is 4.14. The molecule has 0 aromatic heterocycles. The molecule has 2 bridgehead atoms. The van der Waals surface area contributed by atoms with Gasteiger partial charge in [0.05, 0.1) is 5.92 Å². The van der Waals surface area contributed by atoms with E-state index in [-0.39, 0.29) is 18.0 Å². The van der Waals surface area contributed by atoms with Crippen molar-refractivity contribution < 1.29 is 9.53 Å². The fourth-order valence-electron chi connectivity index (χ4n) is 5.26. The molecule has 2 aliphatic heterocycles. The van der Waals surface area contributed by atoms with Gasteiger partial charge in [0.15, 0.2) is 0 Å². The Morgan fingerprint density at radius 2 is 1.77 bits per heavy atom. The molecule has 2 saturated carbocycles. The Bertz CT molecular complexity index is 431. The number of nitrogens with zero attached hydrogens (tertiary/aromatic N) is 1. The summed E-state index contributed by atoms with van der Waals surface area (Å²) in [5.41, 5.74) is 0. The lowest BCUT2D eigenvalue weighted by Crippen LogP contribution is -2.52. The highest BCUT2D eigenvalue weighted by molar-refractivity contribution is 6.20. The van der Waals surface area contributed by atoms with E-state index in [0.29, 0.717) is 29.3 Å². The van der Waals surface area contributed by atoms with Gasteiger partial charge in [-0.1, -0.05) is 0 Å². The maximum Gasteiger partial charge on any atom is 0.311 e. The maximum atomic E-state index is 12.8. The minimum absolute atomic E-state index is 0.109. The van der Waals surface area contributed by atoms with Crippen LogP contribution in [0.5, 0.6) is 0 Å². The van der Waals surface area contributed by atoms with E-state index in [2.05, 4.69) is 11.9 Å². The van der Waals surface area contributed by atoms with Crippen molar-refractivity contribution in [3.63, 3.8) is 0 Å². The van der Waals surface area contributed by atoms with Gasteiger partial charge in [-0.2, -0.15) is 0 Å². The van der Waals surface area contributed by atoms with E-state index >= 15 is 0 Å². The minimum atomic E-state index is 0.109. The van der Waals surface area contributed by atoms with Gasteiger partial charge in [-0.15, -0.1) is 11.6 Å². The molecule has 124 valence electrons. The molecule has 4 rings (SSSR count). The average molecular weight is 326 g/mol. The third-order valence-corrected chi connectivity index (χ3v) is 7.14. The van der Waals surface area contributed by atoms with Gasteiger partial charge in [0.2, 0.25) is 0 Å². The summed E-state index contributed by atoms with van der Waals surface area (Å²) in [7, 11) is 2.21. The van der Waals surface area contributed by atoms with Crippen LogP contribution in [0.2, 0.25) is 0 Å². The normalized spacial score (nSPS) is 45.7. The highest BCUT2D eigenvalue weighted by atomic mass is 35.5. The van der Waals surface area contributed by atoms with Crippen molar-refractivity contribution in [3.8, 4) is 0 Å². The van der Waals surface area contributed by atoms with Gasteiger partial charge in [-0.05, 0) is 76.7 Å². The van der Waals surface area contributed by atoms with Crippen molar-refractivity contribution in [1.82, 2.24) is 4.90 Å². The van der Waals surface area contributed by atoms with E-state index in [1.807, 2.05) is 0 Å². The van der Waals surface area contributed by atoms with Crippen molar-refractivity contribution in [2.45, 2.75) is 81.4 Å². The smallest absolute Gasteiger partial charge is 0.311 e. The van der Waals surface area contributed by atoms with E-state index in [1.54, 1.807) is 0 Å². The van der Waals surface area contributed by atoms with Crippen LogP contribution < -0.4 is 0 Å². The standard InChI is InChI=1S/C18H28ClNO2/c1-20-13-6-9-16(20)17(18(21)22-14-7-8-14)15(10-13)11-2-4-12(19)5-3-11/h11-17H,2-10H2,1H3. The van der Waals surface area contributed by atoms with E-state index in [4.69, 9.17) is 16.3 Å². The van der Waals surface area contributed by atoms with Crippen molar-refractivity contribution in [3.05, 3.63) is 0 Å². The highest BCUT2D eigenvalue weighted by Gasteiger charge is 2.52. The molecular formula is C18H28ClNO2. The number of alkyl halides is 1. The number of ether oxygens (including phenoxy) is 1. The summed E-state index contributed by atoms with van der Waals surface area (Å²) in [5, 5.41) is 0.358. The highest BCUT2D eigenvalue weighted by Crippen LogP contribution is 2.48. The van der Waals surface area contributed by atoms with Crippen molar-refractivity contribution in [1.29, 1.82) is 0 Å². The second kappa shape index (κ2) is 5.98. The molecule has 0 aromatic carbocycles. The predicted octanol–water partition coefficient (Wildman–Crippen LogP) is 3.59. The zero-order valence-corrected chi connectivity index (χ0v) is 14.3. The molecule has 0 spiro atoms. The number of carbonyl (C=O) groups excluding carboxylic acids is 1. The first kappa shape index (κ1) is 15.3. The molecule has 4 unspecified atom stereocenters. The van der Waals surface area contributed by atoms with E-state index in [1.165, 1.54) is 32.1 Å². The van der Waals surface area contributed by atoms with Crippen LogP contribution in [-0.2, 0) is 9.53 Å². The van der Waals surface area contributed by atoms with Gasteiger partial charge in [0.25, 0.3) is 0 Å². The first-order chi connectivity index (χ1) is 10.6. The van der Waals surface area contributed by atoms with Gasteiger partial charge in [-0.3, -0.25) is 9.69 Å². The SMILES string of the molecule is CN1C2CCC1C(C(=O)OC1CC1)C(C1CCC(Cl)CC1)C2. The molecule has 4 aliphatic rings. The number of halogens is 1. The van der Waals surface area contributed by atoms with Gasteiger partial charge < -0.3 is 4.74 Å². The number of hydrogen-bond donors (Lipinski definition) is 0. The van der Waals surface area contributed by atoms with Crippen LogP contribution >= 0.6 is 11.6 Å². The number of carbonyl (C=O) groups is 1. The Morgan fingerprint density at radius 1 is 1.05 bits per heavy atom. The molecule has 2 aliphatic carbocycles. The molecule has 4 heteroatoms. The third kappa shape index (κ3) is 2.80. The Hall–Kier alpha value is -0.280. The number of rotatable bonds is 3. The van der Waals surface area contributed by atoms with E-state index in [9.17, 15) is 4.79 Å². The topological polar surface area (TPSA) is 29.5 Å². The Labute approximate surface area is 138 Å². The number of esters is 1. The molecule has 0 radical (unpaired) electrons. The lowest BCUT2D eigenvalue weighted by atomic mass is 9.68. The van der Waals surface area contributed by atoms with Gasteiger partial charge in [0, 0.05) is 17.5 Å². The number of fused-ring (bicyclic) bond motifs is 2. The lowest BCUT2D eigenvalue weighted by Gasteiger charge is -2.46. The summed E-state index contributed by atoms with van der Waals surface area (Å²) in [4.78, 5) is 15.3. The number of hydrogen-bond acceptors (Lipinski definition) is 3. The van der Waals surface area contributed by atoms with E-state index < -0.39 is 0 Å². The van der Waals surface area contributed by atoms with Crippen LogP contribution in [0.3, 0.4) is 0 Å². The Morgan fingerprint density at radius 3 is 2.45 bits per heavy atom. The third-order valence-electron chi connectivity index (χ3n) is 6.70. The zero-order chi connectivity index (χ0) is 15.3. The van der Waals surface area contributed by atoms with Gasteiger partial charge >= 0.3 is 5.97 Å². The van der Waals surface area contributed by atoms with Gasteiger partial charge in [-0.25, -0.2) is 0 Å². The molecule has 0 N–H and O–H groups in total. The van der Waals surface area contributed by atoms with E-state index in [0.717, 1.165) is 25.7 Å². The molecular weight excluding hydrogens is 298 g/mol. The summed E-state index contributed by atoms with van der Waals surface area (Å²) >= 11 is 6.29. The van der Waals surface area contributed by atoms with Gasteiger partial charge in [0.1, 0.15) is 6.10 Å². The van der Waals surface area contributed by atoms with Crippen LogP contribution in [0.4, 0.5) is 0 Å². The van der Waals surface area contributed by atoms with Crippen LogP contribution in [0.25, 0.3) is 0 Å². The molecule has 0 aromatic rings. The largest absolute Gasteiger partial charge is 0.462 e. The summed E-state index contributed by atoms with van der Waals surface area (Å²) in [5.74, 6) is 1.44. The first-order valence-electron chi connectivity index (χ1n) is 9.20. The lowest BCUT2D eigenvalue weighted by molar-refractivity contribution is -0.158. The second-order valence-corrected chi connectivity index (χ2v) is 8.65. The van der Waals surface area contributed by atoms with Crippen LogP contribution in [-0.4, -0.2) is 41.5 Å². The summed E-state index contributed by atoms with van der Waals surface area (Å²) in [6.07, 6.45) is 10.7. The molecule has 0 amide bonds. The minimum Gasteiger partial charge on any atom is -0.462 e. The number of piperidine rings is 1. The fraction of sp³-hybridized carbons (Fsp3) is 0.944. The monoisotopic (exact) mass is 325 g/mol.